The summed E-state index contributed by atoms with van der Waals surface area (Å²) in [5.41, 5.74) is 0. The molecule has 0 saturated carbocycles. The molecule has 0 amide bonds. The van der Waals surface area contributed by atoms with Gasteiger partial charge in [-0.3, -0.25) is 57.6 Å². The first-order chi connectivity index (χ1) is 69.3. The van der Waals surface area contributed by atoms with Crippen LogP contribution in [0.25, 0.3) is 0 Å². The smallest absolute Gasteiger partial charge is 0.307 e. The first-order valence-electron chi connectivity index (χ1n) is 59.6. The lowest BCUT2D eigenvalue weighted by Crippen LogP contribution is -2.44. The van der Waals surface area contributed by atoms with E-state index in [1.165, 1.54) is 258 Å². The number of hydrogen-bond acceptors (Lipinski definition) is 23. The Balaban J connectivity index is 8.01. The number of methoxy groups -OCH3 is 2. The number of ketones is 2. The number of ether oxygens (including phenoxy) is 8. The number of unbranched alkanes of at least 4 members (excludes halogenated alkanes) is 57. The third-order valence-electron chi connectivity index (χ3n) is 28.3. The Labute approximate surface area is 868 Å². The van der Waals surface area contributed by atoms with Crippen molar-refractivity contribution in [3.8, 4) is 0 Å². The van der Waals surface area contributed by atoms with Crippen LogP contribution in [0.15, 0.2) is 0 Å². The average molecular weight is 2020 g/mol. The zero-order valence-electron chi connectivity index (χ0n) is 93.1. The van der Waals surface area contributed by atoms with E-state index >= 15 is 9.59 Å². The number of carboxylic acid groups (broad SMARTS) is 1. The second-order valence-corrected chi connectivity index (χ2v) is 41.2. The molecule has 24 nitrogen and oxygen atoms in total. The van der Waals surface area contributed by atoms with Crippen molar-refractivity contribution in [1.29, 1.82) is 0 Å². The molecule has 0 heterocycles. The van der Waals surface area contributed by atoms with Crippen LogP contribution >= 0.6 is 0 Å². The third kappa shape index (κ3) is 91.8. The van der Waals surface area contributed by atoms with Crippen LogP contribution in [-0.4, -0.2) is 222 Å². The quantitative estimate of drug-likeness (QED) is 0.0336. The Morgan fingerprint density at radius 1 is 0.197 bits per heavy atom. The highest BCUT2D eigenvalue weighted by molar-refractivity contribution is 5.92. The van der Waals surface area contributed by atoms with Crippen molar-refractivity contribution in [3.05, 3.63) is 0 Å². The van der Waals surface area contributed by atoms with Crippen LogP contribution in [0.2, 0.25) is 0 Å². The van der Waals surface area contributed by atoms with Gasteiger partial charge >= 0.3 is 53.7 Å². The van der Waals surface area contributed by atoms with Gasteiger partial charge < -0.3 is 57.7 Å². The van der Waals surface area contributed by atoms with Crippen LogP contribution in [0, 0.1) is 11.8 Å². The minimum atomic E-state index is -1.16. The molecule has 142 heavy (non-hydrogen) atoms. The monoisotopic (exact) mass is 2010 g/mol. The minimum absolute atomic E-state index is 0.0473. The van der Waals surface area contributed by atoms with E-state index in [0.29, 0.717) is 137 Å². The summed E-state index contributed by atoms with van der Waals surface area (Å²) in [5.74, 6) is -6.91. The van der Waals surface area contributed by atoms with Gasteiger partial charge in [0.15, 0.2) is 5.78 Å². The van der Waals surface area contributed by atoms with E-state index in [1.54, 1.807) is 0 Å². The largest absolute Gasteiger partial charge is 0.481 e. The predicted molar refractivity (Wildman–Crippen MR) is 578 cm³/mol. The highest BCUT2D eigenvalue weighted by atomic mass is 16.6. The topological polar surface area (TPSA) is 295 Å². The molecule has 3 atom stereocenters. The number of aliphatic carboxylic acids is 1. The Morgan fingerprint density at radius 2 is 0.380 bits per heavy atom. The molecule has 24 heteroatoms. The Bertz CT molecular complexity index is 2810. The molecule has 0 rings (SSSR count). The Morgan fingerprint density at radius 3 is 0.592 bits per heavy atom. The van der Waals surface area contributed by atoms with Gasteiger partial charge in [-0.05, 0) is 96.7 Å². The minimum Gasteiger partial charge on any atom is -0.481 e. The van der Waals surface area contributed by atoms with Crippen molar-refractivity contribution in [2.45, 2.75) is 555 Å². The van der Waals surface area contributed by atoms with Crippen molar-refractivity contribution in [2.75, 3.05) is 126 Å². The molecular formula is C118H220N4O20. The predicted octanol–water partition coefficient (Wildman–Crippen LogP) is 28.6. The van der Waals surface area contributed by atoms with Crippen LogP contribution < -0.4 is 0 Å². The fraction of sp³-hybridized carbons (Fsp3) is 0.907. The van der Waals surface area contributed by atoms with Gasteiger partial charge in [-0.15, -0.1) is 0 Å². The number of carbonyl (C=O) groups is 11. The second-order valence-electron chi connectivity index (χ2n) is 41.2. The zero-order valence-corrected chi connectivity index (χ0v) is 93.1. The van der Waals surface area contributed by atoms with E-state index in [9.17, 15) is 48.3 Å². The highest BCUT2D eigenvalue weighted by Crippen LogP contribution is 2.28. The number of rotatable bonds is 113. The number of carboxylic acids is 1. The van der Waals surface area contributed by atoms with E-state index in [0.717, 1.165) is 128 Å². The number of nitrogens with zero attached hydrogens (tertiary/aromatic N) is 4. The molecular weight excluding hydrogens is 1790 g/mol. The number of Topliss-reactive ketones (excluding diaryl/α,β-unsaturated/α-hetero) is 2. The molecule has 0 bridgehead atoms. The number of hydrogen-bond donors (Lipinski definition) is 1. The summed E-state index contributed by atoms with van der Waals surface area (Å²) < 4.78 is 45.0. The molecule has 0 aliphatic rings. The molecule has 832 valence electrons. The van der Waals surface area contributed by atoms with Gasteiger partial charge in [0.2, 0.25) is 0 Å². The summed E-state index contributed by atoms with van der Waals surface area (Å²) in [5, 5.41) is 11.0. The molecule has 0 fully saturated rings. The molecule has 0 saturated heterocycles. The average Bonchev–Trinajstić information content (AvgIpc) is 0.852. The summed E-state index contributed by atoms with van der Waals surface area (Å²) in [6.45, 7) is 18.5. The van der Waals surface area contributed by atoms with E-state index in [-0.39, 0.29) is 145 Å². The van der Waals surface area contributed by atoms with Crippen molar-refractivity contribution in [2.24, 2.45) is 11.8 Å². The first kappa shape index (κ1) is 136. The van der Waals surface area contributed by atoms with Gasteiger partial charge in [0, 0.05) is 71.1 Å². The molecule has 0 radical (unpaired) electrons. The van der Waals surface area contributed by atoms with Crippen LogP contribution in [-0.2, 0) is 90.6 Å². The van der Waals surface area contributed by atoms with Crippen LogP contribution in [0.4, 0.5) is 0 Å². The van der Waals surface area contributed by atoms with E-state index in [1.807, 2.05) is 9.80 Å². The van der Waals surface area contributed by atoms with Gasteiger partial charge in [0.05, 0.1) is 117 Å². The highest BCUT2D eigenvalue weighted by Gasteiger charge is 2.34. The summed E-state index contributed by atoms with van der Waals surface area (Å²) in [6.07, 6.45) is 71.6. The molecule has 1 N–H and O–H groups in total. The van der Waals surface area contributed by atoms with E-state index < -0.39 is 47.7 Å². The fourth-order valence-electron chi connectivity index (χ4n) is 18.8. The SMILES string of the molecule is CCCCCCCCCCCCOC(=O)CCN(CCCCC(CC(=O)C(CCCCN(CCC(=O)OCCCCCCCCCCCC)CCC(=O)OCCCCCCCCCCCC)N(CCC(=O)OCCCCCCCCCCCC)CCC(=O)OCCCCCCCCCCCC)C(=O)CC(CCCCN(CCC(=O)OC)CCC(=O)OC)C(=O)O)CCC(=O)OCCCCCCCCCCCC. The molecule has 0 aliphatic heterocycles. The van der Waals surface area contributed by atoms with Crippen LogP contribution in [0.3, 0.4) is 0 Å². The van der Waals surface area contributed by atoms with Gasteiger partial charge in [0.25, 0.3) is 0 Å². The standard InChI is InChI=1S/C118H220N4O20/c1-9-15-21-27-33-39-45-51-57-69-97-137-112(127)80-91-120(92-81-113(128)138-98-70-58-52-46-40-34-28-22-16-10-2)86-66-63-75-105(108(123)104-106(118(133)134)76-64-67-87-119(89-78-110(125)135-7)90-79-111(126)136-8)103-109(124)107(122(95-84-116(131)141-101-73-61-55-49-43-37-31-25-19-13-5)96-85-117(132)142-102-74-62-56-50-44-38-32-26-20-14-6)77-65-68-88-121(93-82-114(129)139-99-71-59-53-47-41-35-29-23-17-11-3)94-83-115(130)140-100-72-60-54-48-42-36-30-24-18-12-4/h105-107H,9-104H2,1-8H3,(H,133,134). The number of esters is 8. The molecule has 0 spiro atoms. The maximum Gasteiger partial charge on any atom is 0.307 e. The van der Waals surface area contributed by atoms with Gasteiger partial charge in [-0.1, -0.05) is 408 Å². The van der Waals surface area contributed by atoms with Crippen LogP contribution in [0.5, 0.6) is 0 Å². The van der Waals surface area contributed by atoms with Crippen molar-refractivity contribution in [3.63, 3.8) is 0 Å². The summed E-state index contributed by atoms with van der Waals surface area (Å²) in [7, 11) is 2.62. The Hall–Kier alpha value is -5.59. The lowest BCUT2D eigenvalue weighted by atomic mass is 9.84. The zero-order chi connectivity index (χ0) is 104. The maximum absolute atomic E-state index is 16.2. The normalized spacial score (nSPS) is 12.2. The second kappa shape index (κ2) is 105. The summed E-state index contributed by atoms with van der Waals surface area (Å²) >= 11 is 0. The van der Waals surface area contributed by atoms with Gasteiger partial charge in [0.1, 0.15) is 5.78 Å². The fourth-order valence-corrected chi connectivity index (χ4v) is 18.8. The van der Waals surface area contributed by atoms with Crippen molar-refractivity contribution < 1.29 is 95.7 Å². The molecule has 0 aliphatic carbocycles. The molecule has 0 aromatic carbocycles. The lowest BCUT2D eigenvalue weighted by molar-refractivity contribution is -0.146. The molecule has 0 aromatic rings. The van der Waals surface area contributed by atoms with Gasteiger partial charge in [-0.25, -0.2) is 0 Å². The van der Waals surface area contributed by atoms with Crippen molar-refractivity contribution in [1.82, 2.24) is 19.6 Å². The molecule has 3 unspecified atom stereocenters. The van der Waals surface area contributed by atoms with E-state index in [2.05, 4.69) is 51.3 Å². The van der Waals surface area contributed by atoms with Crippen LogP contribution in [0.1, 0.15) is 549 Å². The Kier molecular flexibility index (Phi) is 101. The van der Waals surface area contributed by atoms with E-state index in [4.69, 9.17) is 37.9 Å². The van der Waals surface area contributed by atoms with Gasteiger partial charge in [-0.2, -0.15) is 0 Å². The number of carbonyl (C=O) groups excluding carboxylic acids is 10. The first-order valence-corrected chi connectivity index (χ1v) is 59.6. The maximum atomic E-state index is 16.2. The third-order valence-corrected chi connectivity index (χ3v) is 28.3. The molecule has 0 aromatic heterocycles. The van der Waals surface area contributed by atoms with Crippen molar-refractivity contribution >= 4 is 65.3 Å². The summed E-state index contributed by atoms with van der Waals surface area (Å²) in [6, 6.07) is -0.948. The lowest BCUT2D eigenvalue weighted by Gasteiger charge is -2.32. The summed E-state index contributed by atoms with van der Waals surface area (Å²) in [4.78, 5) is 160.